The maximum atomic E-state index is 12.3. The van der Waals surface area contributed by atoms with Gasteiger partial charge in [0.25, 0.3) is 0 Å². The van der Waals surface area contributed by atoms with Gasteiger partial charge in [-0.3, -0.25) is 9.59 Å². The van der Waals surface area contributed by atoms with Gasteiger partial charge in [0.2, 0.25) is 11.8 Å². The average molecular weight is 340 g/mol. The lowest BCUT2D eigenvalue weighted by molar-refractivity contribution is -0.116. The molecule has 0 aliphatic heterocycles. The minimum atomic E-state index is -0.169. The number of carbonyl (C=O) groups excluding carboxylic acids is 2. The molecule has 2 N–H and O–H groups in total. The van der Waals surface area contributed by atoms with Gasteiger partial charge < -0.3 is 15.4 Å². The lowest BCUT2D eigenvalue weighted by Gasteiger charge is -2.13. The van der Waals surface area contributed by atoms with E-state index in [1.165, 1.54) is 23.6 Å². The zero-order valence-corrected chi connectivity index (χ0v) is 15.1. The number of nitrogens with one attached hydrogen (secondary N) is 2. The molecule has 0 bridgehead atoms. The van der Waals surface area contributed by atoms with Crippen molar-refractivity contribution >= 4 is 23.2 Å². The van der Waals surface area contributed by atoms with Gasteiger partial charge in [0.15, 0.2) is 0 Å². The zero-order chi connectivity index (χ0) is 18.4. The second kappa shape index (κ2) is 8.33. The first-order valence-corrected chi connectivity index (χ1v) is 8.20. The summed E-state index contributed by atoms with van der Waals surface area (Å²) in [5.41, 5.74) is 4.72. The summed E-state index contributed by atoms with van der Waals surface area (Å²) in [6.45, 7) is 5.55. The summed E-state index contributed by atoms with van der Waals surface area (Å²) in [6.07, 6.45) is 1.04. The van der Waals surface area contributed by atoms with E-state index in [0.29, 0.717) is 30.0 Å². The summed E-state index contributed by atoms with van der Waals surface area (Å²) >= 11 is 0. The topological polar surface area (TPSA) is 67.4 Å². The lowest BCUT2D eigenvalue weighted by Crippen LogP contribution is -2.14. The first-order chi connectivity index (χ1) is 11.9. The van der Waals surface area contributed by atoms with Crippen molar-refractivity contribution < 1.29 is 14.3 Å². The zero-order valence-electron chi connectivity index (χ0n) is 15.1. The van der Waals surface area contributed by atoms with E-state index in [1.54, 1.807) is 25.3 Å². The molecule has 5 heteroatoms. The van der Waals surface area contributed by atoms with E-state index in [0.717, 1.165) is 0 Å². The number of amides is 2. The van der Waals surface area contributed by atoms with Crippen LogP contribution in [0.3, 0.4) is 0 Å². The standard InChI is InChI=1S/C20H24N2O3/c1-13-5-6-16(14(2)11-13)7-10-20(24)22-18-12-17(21-15(3)23)8-9-19(18)25-4/h5-6,8-9,11-12H,7,10H2,1-4H3,(H,21,23)(H,22,24). The van der Waals surface area contributed by atoms with Crippen LogP contribution in [0.2, 0.25) is 0 Å². The molecular formula is C20H24N2O3. The number of hydrogen-bond acceptors (Lipinski definition) is 3. The van der Waals surface area contributed by atoms with Gasteiger partial charge in [-0.1, -0.05) is 23.8 Å². The van der Waals surface area contributed by atoms with Crippen molar-refractivity contribution in [3.8, 4) is 5.75 Å². The molecule has 0 aromatic heterocycles. The van der Waals surface area contributed by atoms with Gasteiger partial charge in [0, 0.05) is 19.0 Å². The Morgan fingerprint density at radius 3 is 2.44 bits per heavy atom. The van der Waals surface area contributed by atoms with Crippen molar-refractivity contribution in [3.63, 3.8) is 0 Å². The maximum absolute atomic E-state index is 12.3. The molecule has 2 aromatic carbocycles. The van der Waals surface area contributed by atoms with Crippen LogP contribution < -0.4 is 15.4 Å². The SMILES string of the molecule is COc1ccc(NC(C)=O)cc1NC(=O)CCc1ccc(C)cc1C. The van der Waals surface area contributed by atoms with Crippen molar-refractivity contribution in [2.45, 2.75) is 33.6 Å². The Hall–Kier alpha value is -2.82. The number of carbonyl (C=O) groups is 2. The second-order valence-corrected chi connectivity index (χ2v) is 6.07. The van der Waals surface area contributed by atoms with Crippen LogP contribution >= 0.6 is 0 Å². The number of ether oxygens (including phenoxy) is 1. The third-order valence-electron chi connectivity index (χ3n) is 3.91. The van der Waals surface area contributed by atoms with Crippen LogP contribution in [0.1, 0.15) is 30.0 Å². The molecule has 0 atom stereocenters. The highest BCUT2D eigenvalue weighted by Crippen LogP contribution is 2.28. The van der Waals surface area contributed by atoms with Crippen molar-refractivity contribution in [1.29, 1.82) is 0 Å². The normalized spacial score (nSPS) is 10.2. The number of methoxy groups -OCH3 is 1. The average Bonchev–Trinajstić information content (AvgIpc) is 2.54. The van der Waals surface area contributed by atoms with E-state index in [2.05, 4.69) is 42.7 Å². The van der Waals surface area contributed by atoms with E-state index < -0.39 is 0 Å². The third-order valence-corrected chi connectivity index (χ3v) is 3.91. The molecule has 2 aromatic rings. The molecule has 0 saturated heterocycles. The van der Waals surface area contributed by atoms with Crippen molar-refractivity contribution in [3.05, 3.63) is 53.1 Å². The van der Waals surface area contributed by atoms with Crippen molar-refractivity contribution in [1.82, 2.24) is 0 Å². The minimum Gasteiger partial charge on any atom is -0.495 e. The molecule has 25 heavy (non-hydrogen) atoms. The molecule has 0 spiro atoms. The van der Waals surface area contributed by atoms with Gasteiger partial charge in [0.05, 0.1) is 12.8 Å². The maximum Gasteiger partial charge on any atom is 0.224 e. The molecular weight excluding hydrogens is 316 g/mol. The first kappa shape index (κ1) is 18.5. The number of hydrogen-bond donors (Lipinski definition) is 2. The Kier molecular flexibility index (Phi) is 6.17. The lowest BCUT2D eigenvalue weighted by atomic mass is 10.0. The highest BCUT2D eigenvalue weighted by Gasteiger charge is 2.10. The van der Waals surface area contributed by atoms with E-state index in [-0.39, 0.29) is 11.8 Å². The van der Waals surface area contributed by atoms with Gasteiger partial charge in [-0.05, 0) is 49.6 Å². The highest BCUT2D eigenvalue weighted by atomic mass is 16.5. The van der Waals surface area contributed by atoms with Crippen LogP contribution in [-0.4, -0.2) is 18.9 Å². The molecule has 0 aliphatic carbocycles. The largest absolute Gasteiger partial charge is 0.495 e. The molecule has 0 aliphatic rings. The summed E-state index contributed by atoms with van der Waals surface area (Å²) in [4.78, 5) is 23.5. The van der Waals surface area contributed by atoms with Gasteiger partial charge in [-0.2, -0.15) is 0 Å². The van der Waals surface area contributed by atoms with Crippen LogP contribution in [0.25, 0.3) is 0 Å². The Morgan fingerprint density at radius 1 is 1.04 bits per heavy atom. The third kappa shape index (κ3) is 5.35. The van der Waals surface area contributed by atoms with Gasteiger partial charge in [0.1, 0.15) is 5.75 Å². The van der Waals surface area contributed by atoms with Gasteiger partial charge in [-0.15, -0.1) is 0 Å². The fourth-order valence-electron chi connectivity index (χ4n) is 2.67. The smallest absolute Gasteiger partial charge is 0.224 e. The van der Waals surface area contributed by atoms with Crippen LogP contribution in [0.5, 0.6) is 5.75 Å². The molecule has 0 heterocycles. The molecule has 2 rings (SSSR count). The predicted molar refractivity (Wildman–Crippen MR) is 100 cm³/mol. The quantitative estimate of drug-likeness (QED) is 0.839. The molecule has 0 unspecified atom stereocenters. The first-order valence-electron chi connectivity index (χ1n) is 8.20. The van der Waals surface area contributed by atoms with E-state index >= 15 is 0 Å². The number of rotatable bonds is 6. The van der Waals surface area contributed by atoms with Gasteiger partial charge in [-0.25, -0.2) is 0 Å². The Bertz CT molecular complexity index is 785. The summed E-state index contributed by atoms with van der Waals surface area (Å²) < 4.78 is 5.27. The fourth-order valence-corrected chi connectivity index (χ4v) is 2.67. The number of anilines is 2. The van der Waals surface area contributed by atoms with Crippen molar-refractivity contribution in [2.75, 3.05) is 17.7 Å². The molecule has 2 amide bonds. The summed E-state index contributed by atoms with van der Waals surface area (Å²) in [5.74, 6) is 0.282. The van der Waals surface area contributed by atoms with Crippen LogP contribution in [0, 0.1) is 13.8 Å². The van der Waals surface area contributed by atoms with E-state index in [9.17, 15) is 9.59 Å². The highest BCUT2D eigenvalue weighted by molar-refractivity contribution is 5.95. The van der Waals surface area contributed by atoms with Crippen LogP contribution in [0.15, 0.2) is 36.4 Å². The molecule has 0 saturated carbocycles. The number of benzene rings is 2. The molecule has 0 radical (unpaired) electrons. The number of aryl methyl sites for hydroxylation is 3. The van der Waals surface area contributed by atoms with Crippen LogP contribution in [0.4, 0.5) is 11.4 Å². The predicted octanol–water partition coefficient (Wildman–Crippen LogP) is 3.84. The second-order valence-electron chi connectivity index (χ2n) is 6.07. The fraction of sp³-hybridized carbons (Fsp3) is 0.300. The monoisotopic (exact) mass is 340 g/mol. The molecule has 132 valence electrons. The molecule has 5 nitrogen and oxygen atoms in total. The minimum absolute atomic E-state index is 0.0988. The Balaban J connectivity index is 2.04. The Labute approximate surface area is 148 Å². The molecule has 0 fully saturated rings. The van der Waals surface area contributed by atoms with Gasteiger partial charge >= 0.3 is 0 Å². The van der Waals surface area contributed by atoms with E-state index in [4.69, 9.17) is 4.74 Å². The summed E-state index contributed by atoms with van der Waals surface area (Å²) in [6, 6.07) is 11.4. The Morgan fingerprint density at radius 2 is 1.80 bits per heavy atom. The van der Waals surface area contributed by atoms with Crippen LogP contribution in [-0.2, 0) is 16.0 Å². The summed E-state index contributed by atoms with van der Waals surface area (Å²) in [7, 11) is 1.54. The summed E-state index contributed by atoms with van der Waals surface area (Å²) in [5, 5.41) is 5.56. The van der Waals surface area contributed by atoms with E-state index in [1.807, 2.05) is 0 Å². The van der Waals surface area contributed by atoms with Crippen molar-refractivity contribution in [2.24, 2.45) is 0 Å².